The van der Waals surface area contributed by atoms with Crippen LogP contribution in [0.4, 0.5) is 0 Å². The van der Waals surface area contributed by atoms with Crippen molar-refractivity contribution in [2.24, 2.45) is 5.92 Å². The molecular weight excluding hydrogens is 160 g/mol. The number of unbranched alkanes of at least 4 members (excludes halogenated alkanes) is 1. The van der Waals surface area contributed by atoms with E-state index in [1.54, 1.807) is 0 Å². The average molecular weight is 182 g/mol. The van der Waals surface area contributed by atoms with Crippen LogP contribution in [0.15, 0.2) is 25.5 Å². The highest BCUT2D eigenvalue weighted by atomic mass is 16.5. The van der Waals surface area contributed by atoms with E-state index in [2.05, 4.69) is 26.2 Å². The minimum atomic E-state index is 0.674. The Labute approximate surface area is 82.5 Å². The van der Waals surface area contributed by atoms with Gasteiger partial charge in [0, 0.05) is 0 Å². The van der Waals surface area contributed by atoms with E-state index in [0.717, 1.165) is 13.0 Å². The van der Waals surface area contributed by atoms with Crippen molar-refractivity contribution in [1.82, 2.24) is 0 Å². The zero-order chi connectivity index (χ0) is 9.94. The van der Waals surface area contributed by atoms with E-state index < -0.39 is 0 Å². The van der Waals surface area contributed by atoms with E-state index in [0.29, 0.717) is 5.92 Å². The van der Waals surface area contributed by atoms with Gasteiger partial charge in [-0.1, -0.05) is 32.4 Å². The second-order valence-corrected chi connectivity index (χ2v) is 3.32. The molecular formula is C12H22O. The van der Waals surface area contributed by atoms with Gasteiger partial charge in [0.2, 0.25) is 0 Å². The highest BCUT2D eigenvalue weighted by molar-refractivity contribution is 4.78. The quantitative estimate of drug-likeness (QED) is 0.298. The SMILES string of the molecule is C=COCCCC(C=C)CCCC. The van der Waals surface area contributed by atoms with Gasteiger partial charge in [-0.15, -0.1) is 6.58 Å². The monoisotopic (exact) mass is 182 g/mol. The summed E-state index contributed by atoms with van der Waals surface area (Å²) >= 11 is 0. The van der Waals surface area contributed by atoms with Gasteiger partial charge in [-0.05, 0) is 25.2 Å². The van der Waals surface area contributed by atoms with Crippen LogP contribution >= 0.6 is 0 Å². The first-order chi connectivity index (χ1) is 6.35. The average Bonchev–Trinajstić information content (AvgIpc) is 2.17. The lowest BCUT2D eigenvalue weighted by Crippen LogP contribution is -1.98. The predicted octanol–water partition coefficient (Wildman–Crippen LogP) is 3.92. The van der Waals surface area contributed by atoms with Crippen LogP contribution in [0, 0.1) is 5.92 Å². The molecule has 13 heavy (non-hydrogen) atoms. The fraction of sp³-hybridized carbons (Fsp3) is 0.667. The van der Waals surface area contributed by atoms with Crippen LogP contribution in [-0.2, 0) is 4.74 Å². The van der Waals surface area contributed by atoms with Gasteiger partial charge in [-0.25, -0.2) is 0 Å². The summed E-state index contributed by atoms with van der Waals surface area (Å²) in [6, 6.07) is 0. The molecule has 76 valence electrons. The van der Waals surface area contributed by atoms with Crippen molar-refractivity contribution in [2.75, 3.05) is 6.61 Å². The van der Waals surface area contributed by atoms with Gasteiger partial charge in [0.15, 0.2) is 0 Å². The number of rotatable bonds is 9. The molecule has 0 bridgehead atoms. The lowest BCUT2D eigenvalue weighted by molar-refractivity contribution is 0.236. The summed E-state index contributed by atoms with van der Waals surface area (Å²) < 4.78 is 5.06. The van der Waals surface area contributed by atoms with Gasteiger partial charge in [-0.3, -0.25) is 0 Å². The Morgan fingerprint density at radius 2 is 1.92 bits per heavy atom. The molecule has 0 N–H and O–H groups in total. The fourth-order valence-electron chi connectivity index (χ4n) is 1.36. The largest absolute Gasteiger partial charge is 0.502 e. The lowest BCUT2D eigenvalue weighted by atomic mass is 9.97. The zero-order valence-corrected chi connectivity index (χ0v) is 8.80. The van der Waals surface area contributed by atoms with E-state index in [1.165, 1.54) is 31.9 Å². The third-order valence-electron chi connectivity index (χ3n) is 2.22. The summed E-state index contributed by atoms with van der Waals surface area (Å²) in [6.07, 6.45) is 9.73. The van der Waals surface area contributed by atoms with Crippen LogP contribution in [-0.4, -0.2) is 6.61 Å². The Kier molecular flexibility index (Phi) is 8.85. The highest BCUT2D eigenvalue weighted by Gasteiger charge is 2.02. The minimum absolute atomic E-state index is 0.674. The number of ether oxygens (including phenoxy) is 1. The molecule has 0 spiro atoms. The first-order valence-corrected chi connectivity index (χ1v) is 5.20. The zero-order valence-electron chi connectivity index (χ0n) is 8.80. The third kappa shape index (κ3) is 7.63. The Morgan fingerprint density at radius 3 is 2.46 bits per heavy atom. The van der Waals surface area contributed by atoms with Crippen molar-refractivity contribution < 1.29 is 4.74 Å². The van der Waals surface area contributed by atoms with Crippen molar-refractivity contribution in [3.8, 4) is 0 Å². The van der Waals surface area contributed by atoms with Crippen LogP contribution in [0.25, 0.3) is 0 Å². The summed E-state index contributed by atoms with van der Waals surface area (Å²) in [5.74, 6) is 0.674. The Morgan fingerprint density at radius 1 is 1.23 bits per heavy atom. The van der Waals surface area contributed by atoms with Crippen molar-refractivity contribution in [3.63, 3.8) is 0 Å². The summed E-state index contributed by atoms with van der Waals surface area (Å²) in [4.78, 5) is 0. The molecule has 0 radical (unpaired) electrons. The molecule has 0 rings (SSSR count). The Balaban J connectivity index is 3.35. The molecule has 0 aliphatic carbocycles. The second kappa shape index (κ2) is 9.37. The van der Waals surface area contributed by atoms with E-state index >= 15 is 0 Å². The van der Waals surface area contributed by atoms with E-state index in [1.807, 2.05) is 0 Å². The minimum Gasteiger partial charge on any atom is -0.502 e. The van der Waals surface area contributed by atoms with Crippen LogP contribution in [0.5, 0.6) is 0 Å². The van der Waals surface area contributed by atoms with Gasteiger partial charge in [-0.2, -0.15) is 0 Å². The number of hydrogen-bond acceptors (Lipinski definition) is 1. The van der Waals surface area contributed by atoms with E-state index in [-0.39, 0.29) is 0 Å². The molecule has 0 aliphatic rings. The molecule has 0 saturated carbocycles. The lowest BCUT2D eigenvalue weighted by Gasteiger charge is -2.10. The number of allylic oxidation sites excluding steroid dienone is 1. The molecule has 1 nitrogen and oxygen atoms in total. The molecule has 0 aliphatic heterocycles. The highest BCUT2D eigenvalue weighted by Crippen LogP contribution is 2.15. The van der Waals surface area contributed by atoms with Crippen molar-refractivity contribution in [2.45, 2.75) is 39.0 Å². The van der Waals surface area contributed by atoms with E-state index in [4.69, 9.17) is 4.74 Å². The van der Waals surface area contributed by atoms with Crippen LogP contribution in [0.2, 0.25) is 0 Å². The van der Waals surface area contributed by atoms with Crippen molar-refractivity contribution in [1.29, 1.82) is 0 Å². The molecule has 0 heterocycles. The van der Waals surface area contributed by atoms with Gasteiger partial charge < -0.3 is 4.74 Å². The molecule has 1 unspecified atom stereocenters. The maximum absolute atomic E-state index is 5.06. The first kappa shape index (κ1) is 12.3. The Bertz CT molecular complexity index is 129. The summed E-state index contributed by atoms with van der Waals surface area (Å²) in [5.41, 5.74) is 0. The van der Waals surface area contributed by atoms with Crippen molar-refractivity contribution >= 4 is 0 Å². The standard InChI is InChI=1S/C12H22O/c1-4-7-9-12(5-2)10-8-11-13-6-3/h5-6,12H,2-4,7-11H2,1H3. The predicted molar refractivity (Wildman–Crippen MR) is 58.6 cm³/mol. The second-order valence-electron chi connectivity index (χ2n) is 3.32. The molecule has 0 saturated heterocycles. The van der Waals surface area contributed by atoms with Crippen LogP contribution in [0.1, 0.15) is 39.0 Å². The number of hydrogen-bond donors (Lipinski definition) is 0. The molecule has 0 aromatic rings. The molecule has 1 heteroatoms. The molecule has 0 amide bonds. The summed E-state index contributed by atoms with van der Waals surface area (Å²) in [5, 5.41) is 0. The van der Waals surface area contributed by atoms with Crippen LogP contribution in [0.3, 0.4) is 0 Å². The van der Waals surface area contributed by atoms with Gasteiger partial charge in [0.05, 0.1) is 12.9 Å². The Hall–Kier alpha value is -0.720. The fourth-order valence-corrected chi connectivity index (χ4v) is 1.36. The van der Waals surface area contributed by atoms with Crippen molar-refractivity contribution in [3.05, 3.63) is 25.5 Å². The van der Waals surface area contributed by atoms with Gasteiger partial charge >= 0.3 is 0 Å². The maximum atomic E-state index is 5.06. The van der Waals surface area contributed by atoms with Crippen LogP contribution < -0.4 is 0 Å². The smallest absolute Gasteiger partial charge is 0.0873 e. The molecule has 0 aromatic heterocycles. The first-order valence-electron chi connectivity index (χ1n) is 5.20. The molecule has 0 aromatic carbocycles. The molecule has 0 fully saturated rings. The van der Waals surface area contributed by atoms with Gasteiger partial charge in [0.1, 0.15) is 0 Å². The molecule has 1 atom stereocenters. The normalized spacial score (nSPS) is 12.1. The van der Waals surface area contributed by atoms with Gasteiger partial charge in [0.25, 0.3) is 0 Å². The summed E-state index contributed by atoms with van der Waals surface area (Å²) in [7, 11) is 0. The topological polar surface area (TPSA) is 9.23 Å². The third-order valence-corrected chi connectivity index (χ3v) is 2.22. The maximum Gasteiger partial charge on any atom is 0.0873 e. The summed E-state index contributed by atoms with van der Waals surface area (Å²) in [6.45, 7) is 10.4. The van der Waals surface area contributed by atoms with E-state index in [9.17, 15) is 0 Å².